The van der Waals surface area contributed by atoms with Crippen LogP contribution in [0.1, 0.15) is 24.3 Å². The molecule has 1 aliphatic carbocycles. The van der Waals surface area contributed by atoms with Gasteiger partial charge in [0.1, 0.15) is 17.7 Å². The average Bonchev–Trinajstić information content (AvgIpc) is 3.38. The summed E-state index contributed by atoms with van der Waals surface area (Å²) in [5, 5.41) is 12.9. The second-order valence-electron chi connectivity index (χ2n) is 7.70. The molecule has 2 aliphatic rings. The van der Waals surface area contributed by atoms with Gasteiger partial charge in [-0.1, -0.05) is 5.16 Å². The first-order valence-corrected chi connectivity index (χ1v) is 10.1. The second-order valence-corrected chi connectivity index (χ2v) is 7.70. The number of pyridine rings is 1. The maximum absolute atomic E-state index is 5.43. The lowest BCUT2D eigenvalue weighted by Crippen LogP contribution is -2.39. The van der Waals surface area contributed by atoms with Gasteiger partial charge in [0.05, 0.1) is 6.54 Å². The maximum Gasteiger partial charge on any atom is 0.225 e. The zero-order valence-corrected chi connectivity index (χ0v) is 17.0. The van der Waals surface area contributed by atoms with Crippen LogP contribution in [0.4, 0.5) is 11.8 Å². The first-order valence-electron chi connectivity index (χ1n) is 10.1. The standard InChI is InChI=1S/C21H24N8O/c1-13-8-19(25-20-10-17(14-5-6-14)27-29(20)2)26-21(24-13)23-12-16-9-18(28-30-16)15-4-3-7-22-11-15/h3-4,7-11,14,20,27H,5-6,12H2,1-2H3,(H2,23,24,25,26). The van der Waals surface area contributed by atoms with E-state index in [0.29, 0.717) is 24.2 Å². The van der Waals surface area contributed by atoms with E-state index in [1.54, 1.807) is 12.4 Å². The van der Waals surface area contributed by atoms with Crippen molar-refractivity contribution in [2.24, 2.45) is 5.92 Å². The molecule has 1 unspecified atom stereocenters. The normalized spacial score (nSPS) is 18.7. The Morgan fingerprint density at radius 2 is 2.17 bits per heavy atom. The summed E-state index contributed by atoms with van der Waals surface area (Å²) in [6.07, 6.45) is 8.31. The molecule has 3 aromatic rings. The number of allylic oxidation sites excluding steroid dienone is 1. The first-order chi connectivity index (χ1) is 14.6. The lowest BCUT2D eigenvalue weighted by atomic mass is 10.2. The second kappa shape index (κ2) is 7.75. The third-order valence-electron chi connectivity index (χ3n) is 5.16. The fraction of sp³-hybridized carbons (Fsp3) is 0.333. The monoisotopic (exact) mass is 404 g/mol. The molecule has 0 spiro atoms. The number of nitrogens with zero attached hydrogens (tertiary/aromatic N) is 5. The number of aryl methyl sites for hydroxylation is 1. The topological polar surface area (TPSA) is 104 Å². The van der Waals surface area contributed by atoms with Crippen LogP contribution in [0.15, 0.2) is 53.0 Å². The minimum Gasteiger partial charge on any atom is -0.359 e. The van der Waals surface area contributed by atoms with E-state index in [0.717, 1.165) is 22.8 Å². The number of hydrogen-bond donors (Lipinski definition) is 3. The van der Waals surface area contributed by atoms with Gasteiger partial charge < -0.3 is 20.6 Å². The molecule has 0 radical (unpaired) electrons. The molecule has 1 aliphatic heterocycles. The van der Waals surface area contributed by atoms with E-state index >= 15 is 0 Å². The highest BCUT2D eigenvalue weighted by molar-refractivity contribution is 5.57. The van der Waals surface area contributed by atoms with Crippen molar-refractivity contribution in [3.8, 4) is 11.3 Å². The smallest absolute Gasteiger partial charge is 0.225 e. The van der Waals surface area contributed by atoms with Gasteiger partial charge in [-0.25, -0.2) is 9.99 Å². The molecule has 3 aromatic heterocycles. The molecule has 1 atom stereocenters. The van der Waals surface area contributed by atoms with Crippen LogP contribution < -0.4 is 16.1 Å². The molecule has 30 heavy (non-hydrogen) atoms. The molecular weight excluding hydrogens is 380 g/mol. The fourth-order valence-electron chi connectivity index (χ4n) is 3.44. The number of aromatic nitrogens is 4. The van der Waals surface area contributed by atoms with E-state index in [4.69, 9.17) is 4.52 Å². The highest BCUT2D eigenvalue weighted by Crippen LogP contribution is 2.37. The SMILES string of the molecule is Cc1cc(NC2C=C(C3CC3)NN2C)nc(NCc2cc(-c3cccnc3)no2)n1. The Kier molecular flexibility index (Phi) is 4.80. The van der Waals surface area contributed by atoms with Crippen LogP contribution in [0, 0.1) is 12.8 Å². The molecule has 1 saturated carbocycles. The quantitative estimate of drug-likeness (QED) is 0.548. The summed E-state index contributed by atoms with van der Waals surface area (Å²) >= 11 is 0. The van der Waals surface area contributed by atoms with Crippen molar-refractivity contribution in [2.45, 2.75) is 32.5 Å². The van der Waals surface area contributed by atoms with Crippen molar-refractivity contribution >= 4 is 11.8 Å². The molecule has 0 bridgehead atoms. The largest absolute Gasteiger partial charge is 0.359 e. The Labute approximate surface area is 174 Å². The van der Waals surface area contributed by atoms with Crippen LogP contribution in [0.3, 0.4) is 0 Å². The number of rotatable bonds is 7. The molecule has 0 amide bonds. The molecule has 1 fully saturated rings. The first kappa shape index (κ1) is 18.6. The third-order valence-corrected chi connectivity index (χ3v) is 5.16. The van der Waals surface area contributed by atoms with E-state index in [1.807, 2.05) is 38.2 Å². The van der Waals surface area contributed by atoms with Crippen LogP contribution in [0.25, 0.3) is 11.3 Å². The van der Waals surface area contributed by atoms with Crippen molar-refractivity contribution in [2.75, 3.05) is 17.7 Å². The molecule has 3 N–H and O–H groups in total. The van der Waals surface area contributed by atoms with Crippen molar-refractivity contribution < 1.29 is 4.52 Å². The summed E-state index contributed by atoms with van der Waals surface area (Å²) in [4.78, 5) is 13.2. The summed E-state index contributed by atoms with van der Waals surface area (Å²) in [6, 6.07) is 7.65. The molecule has 0 saturated heterocycles. The molecule has 9 heteroatoms. The molecule has 0 aromatic carbocycles. The van der Waals surface area contributed by atoms with Crippen LogP contribution in [0.5, 0.6) is 0 Å². The van der Waals surface area contributed by atoms with E-state index < -0.39 is 0 Å². The zero-order chi connectivity index (χ0) is 20.5. The van der Waals surface area contributed by atoms with Crippen LogP contribution in [0.2, 0.25) is 0 Å². The van der Waals surface area contributed by atoms with Crippen molar-refractivity contribution in [1.29, 1.82) is 0 Å². The lowest BCUT2D eigenvalue weighted by molar-refractivity contribution is 0.261. The van der Waals surface area contributed by atoms with Crippen molar-refractivity contribution in [1.82, 2.24) is 30.5 Å². The van der Waals surface area contributed by atoms with Gasteiger partial charge in [-0.05, 0) is 43.9 Å². The zero-order valence-electron chi connectivity index (χ0n) is 17.0. The number of nitrogens with one attached hydrogen (secondary N) is 3. The third kappa shape index (κ3) is 4.11. The summed E-state index contributed by atoms with van der Waals surface area (Å²) in [7, 11) is 2.03. The molecule has 4 heterocycles. The van der Waals surface area contributed by atoms with Gasteiger partial charge in [0, 0.05) is 48.5 Å². The van der Waals surface area contributed by atoms with Crippen LogP contribution in [-0.2, 0) is 6.54 Å². The van der Waals surface area contributed by atoms with Crippen molar-refractivity contribution in [3.05, 3.63) is 59.9 Å². The highest BCUT2D eigenvalue weighted by Gasteiger charge is 2.32. The van der Waals surface area contributed by atoms with Gasteiger partial charge in [0.15, 0.2) is 5.76 Å². The van der Waals surface area contributed by atoms with Gasteiger partial charge in [0.25, 0.3) is 0 Å². The number of anilines is 2. The summed E-state index contributed by atoms with van der Waals surface area (Å²) in [5.41, 5.74) is 7.27. The highest BCUT2D eigenvalue weighted by atomic mass is 16.5. The Morgan fingerprint density at radius 1 is 1.27 bits per heavy atom. The predicted octanol–water partition coefficient (Wildman–Crippen LogP) is 2.93. The van der Waals surface area contributed by atoms with Crippen molar-refractivity contribution in [3.63, 3.8) is 0 Å². The van der Waals surface area contributed by atoms with E-state index in [2.05, 4.69) is 47.3 Å². The summed E-state index contributed by atoms with van der Waals surface area (Å²) in [6.45, 7) is 2.39. The molecule has 5 rings (SSSR count). The Bertz CT molecular complexity index is 1060. The van der Waals surface area contributed by atoms with Gasteiger partial charge in [0.2, 0.25) is 5.95 Å². The Balaban J connectivity index is 1.25. The number of hydrogen-bond acceptors (Lipinski definition) is 9. The Hall–Kier alpha value is -3.46. The minimum absolute atomic E-state index is 0.0547. The maximum atomic E-state index is 5.43. The van der Waals surface area contributed by atoms with E-state index in [9.17, 15) is 0 Å². The summed E-state index contributed by atoms with van der Waals surface area (Å²) < 4.78 is 5.43. The van der Waals surface area contributed by atoms with E-state index in [-0.39, 0.29) is 6.17 Å². The number of hydrazine groups is 1. The predicted molar refractivity (Wildman–Crippen MR) is 113 cm³/mol. The van der Waals surface area contributed by atoms with Gasteiger partial charge in [-0.3, -0.25) is 4.98 Å². The fourth-order valence-corrected chi connectivity index (χ4v) is 3.44. The van der Waals surface area contributed by atoms with E-state index in [1.165, 1.54) is 18.5 Å². The summed E-state index contributed by atoms with van der Waals surface area (Å²) in [5.74, 6) is 2.69. The average molecular weight is 404 g/mol. The molecule has 154 valence electrons. The van der Waals surface area contributed by atoms with Gasteiger partial charge >= 0.3 is 0 Å². The van der Waals surface area contributed by atoms with Crippen LogP contribution in [-0.4, -0.2) is 38.3 Å². The van der Waals surface area contributed by atoms with Gasteiger partial charge in [-0.2, -0.15) is 4.98 Å². The van der Waals surface area contributed by atoms with Gasteiger partial charge in [-0.15, -0.1) is 0 Å². The Morgan fingerprint density at radius 3 is 2.97 bits per heavy atom. The number of likely N-dealkylation sites (N-methyl/N-ethyl adjacent to an activating group) is 1. The molecular formula is C21H24N8O. The molecule has 9 nitrogen and oxygen atoms in total. The minimum atomic E-state index is 0.0547. The lowest BCUT2D eigenvalue weighted by Gasteiger charge is -2.21. The van der Waals surface area contributed by atoms with Crippen LogP contribution >= 0.6 is 0 Å².